The largest absolute Gasteiger partial charge is 0.492 e. The number of benzene rings is 1. The Kier molecular flexibility index (Phi) is 5.12. The number of ether oxygens (including phenoxy) is 1. The Balaban J connectivity index is 2.78. The van der Waals surface area contributed by atoms with E-state index in [4.69, 9.17) is 10.5 Å². The first-order chi connectivity index (χ1) is 7.19. The van der Waals surface area contributed by atoms with Gasteiger partial charge in [0.05, 0.1) is 11.1 Å². The first-order valence-electron chi connectivity index (χ1n) is 5.36. The van der Waals surface area contributed by atoms with Crippen molar-refractivity contribution in [3.63, 3.8) is 0 Å². The van der Waals surface area contributed by atoms with E-state index in [-0.39, 0.29) is 6.04 Å². The summed E-state index contributed by atoms with van der Waals surface area (Å²) in [5.41, 5.74) is 7.10. The van der Waals surface area contributed by atoms with E-state index < -0.39 is 0 Å². The van der Waals surface area contributed by atoms with Crippen LogP contribution in [0.15, 0.2) is 22.7 Å². The molecule has 3 heteroatoms. The number of hydrogen-bond donors (Lipinski definition) is 1. The molecule has 0 fully saturated rings. The van der Waals surface area contributed by atoms with E-state index in [0.29, 0.717) is 0 Å². The lowest BCUT2D eigenvalue weighted by Gasteiger charge is -2.12. The highest BCUT2D eigenvalue weighted by molar-refractivity contribution is 9.10. The van der Waals surface area contributed by atoms with Crippen molar-refractivity contribution >= 4 is 15.9 Å². The molecule has 0 aliphatic rings. The van der Waals surface area contributed by atoms with Crippen LogP contribution in [0.4, 0.5) is 0 Å². The first kappa shape index (κ1) is 12.5. The van der Waals surface area contributed by atoms with Gasteiger partial charge in [0.15, 0.2) is 0 Å². The van der Waals surface area contributed by atoms with Crippen molar-refractivity contribution in [3.8, 4) is 5.75 Å². The summed E-state index contributed by atoms with van der Waals surface area (Å²) in [4.78, 5) is 0. The Morgan fingerprint density at radius 3 is 2.67 bits per heavy atom. The van der Waals surface area contributed by atoms with Crippen molar-refractivity contribution in [1.29, 1.82) is 0 Å². The van der Waals surface area contributed by atoms with Crippen molar-refractivity contribution in [2.45, 2.75) is 32.7 Å². The number of halogens is 1. The first-order valence-corrected chi connectivity index (χ1v) is 6.16. The van der Waals surface area contributed by atoms with Gasteiger partial charge in [0.1, 0.15) is 5.75 Å². The van der Waals surface area contributed by atoms with Crippen LogP contribution in [0, 0.1) is 0 Å². The minimum absolute atomic E-state index is 0.113. The molecule has 0 spiro atoms. The van der Waals surface area contributed by atoms with Gasteiger partial charge in [-0.3, -0.25) is 0 Å². The summed E-state index contributed by atoms with van der Waals surface area (Å²) in [5, 5.41) is 0. The molecule has 15 heavy (non-hydrogen) atoms. The molecule has 1 aromatic carbocycles. The molecule has 1 aromatic rings. The molecule has 0 heterocycles. The zero-order valence-corrected chi connectivity index (χ0v) is 10.9. The van der Waals surface area contributed by atoms with E-state index in [1.807, 2.05) is 18.2 Å². The second-order valence-electron chi connectivity index (χ2n) is 3.55. The Hall–Kier alpha value is -0.540. The van der Waals surface area contributed by atoms with Crippen LogP contribution >= 0.6 is 15.9 Å². The molecule has 0 saturated heterocycles. The third kappa shape index (κ3) is 3.50. The SMILES string of the molecule is CCCOc1ccc([C@@H](N)CC)cc1Br. The van der Waals surface area contributed by atoms with Crippen LogP contribution < -0.4 is 10.5 Å². The Morgan fingerprint density at radius 2 is 2.13 bits per heavy atom. The molecule has 0 aliphatic heterocycles. The average molecular weight is 272 g/mol. The van der Waals surface area contributed by atoms with Crippen LogP contribution in [0.5, 0.6) is 5.75 Å². The molecule has 1 rings (SSSR count). The molecule has 0 unspecified atom stereocenters. The zero-order chi connectivity index (χ0) is 11.3. The summed E-state index contributed by atoms with van der Waals surface area (Å²) < 4.78 is 6.55. The van der Waals surface area contributed by atoms with Crippen LogP contribution in [-0.4, -0.2) is 6.61 Å². The summed E-state index contributed by atoms with van der Waals surface area (Å²) in [6, 6.07) is 6.16. The highest BCUT2D eigenvalue weighted by atomic mass is 79.9. The average Bonchev–Trinajstić information content (AvgIpc) is 2.26. The van der Waals surface area contributed by atoms with Gasteiger partial charge in [-0.2, -0.15) is 0 Å². The van der Waals surface area contributed by atoms with Gasteiger partial charge in [0, 0.05) is 6.04 Å². The molecule has 0 radical (unpaired) electrons. The van der Waals surface area contributed by atoms with E-state index in [2.05, 4.69) is 29.8 Å². The maximum absolute atomic E-state index is 5.95. The van der Waals surface area contributed by atoms with Crippen molar-refractivity contribution in [1.82, 2.24) is 0 Å². The maximum Gasteiger partial charge on any atom is 0.133 e. The Bertz CT molecular complexity index is 314. The minimum atomic E-state index is 0.113. The second-order valence-corrected chi connectivity index (χ2v) is 4.41. The summed E-state index contributed by atoms with van der Waals surface area (Å²) in [5.74, 6) is 0.893. The van der Waals surface area contributed by atoms with E-state index in [1.165, 1.54) is 0 Å². The van der Waals surface area contributed by atoms with Gasteiger partial charge in [-0.25, -0.2) is 0 Å². The molecule has 0 saturated carbocycles. The van der Waals surface area contributed by atoms with E-state index in [1.54, 1.807) is 0 Å². The van der Waals surface area contributed by atoms with Crippen molar-refractivity contribution in [2.75, 3.05) is 6.61 Å². The third-order valence-electron chi connectivity index (χ3n) is 2.29. The highest BCUT2D eigenvalue weighted by Crippen LogP contribution is 2.28. The van der Waals surface area contributed by atoms with Crippen LogP contribution in [-0.2, 0) is 0 Å². The molecule has 84 valence electrons. The van der Waals surface area contributed by atoms with Crippen molar-refractivity contribution in [3.05, 3.63) is 28.2 Å². The lowest BCUT2D eigenvalue weighted by Crippen LogP contribution is -2.08. The van der Waals surface area contributed by atoms with Crippen LogP contribution in [0.3, 0.4) is 0 Å². The summed E-state index contributed by atoms with van der Waals surface area (Å²) >= 11 is 3.49. The molecule has 0 aromatic heterocycles. The fourth-order valence-corrected chi connectivity index (χ4v) is 1.82. The predicted octanol–water partition coefficient (Wildman–Crippen LogP) is 3.65. The minimum Gasteiger partial charge on any atom is -0.492 e. The van der Waals surface area contributed by atoms with E-state index in [0.717, 1.165) is 35.2 Å². The van der Waals surface area contributed by atoms with Gasteiger partial charge >= 0.3 is 0 Å². The monoisotopic (exact) mass is 271 g/mol. The lowest BCUT2D eigenvalue weighted by atomic mass is 10.1. The van der Waals surface area contributed by atoms with Crippen LogP contribution in [0.2, 0.25) is 0 Å². The summed E-state index contributed by atoms with van der Waals surface area (Å²) in [7, 11) is 0. The lowest BCUT2D eigenvalue weighted by molar-refractivity contribution is 0.315. The normalized spacial score (nSPS) is 12.5. The predicted molar refractivity (Wildman–Crippen MR) is 67.1 cm³/mol. The molecule has 0 amide bonds. The molecule has 1 atom stereocenters. The van der Waals surface area contributed by atoms with Gasteiger partial charge in [-0.15, -0.1) is 0 Å². The molecular weight excluding hydrogens is 254 g/mol. The molecular formula is C12H18BrNO. The number of nitrogens with two attached hydrogens (primary N) is 1. The maximum atomic E-state index is 5.95. The fourth-order valence-electron chi connectivity index (χ4n) is 1.31. The zero-order valence-electron chi connectivity index (χ0n) is 9.29. The van der Waals surface area contributed by atoms with E-state index in [9.17, 15) is 0 Å². The van der Waals surface area contributed by atoms with Gasteiger partial charge < -0.3 is 10.5 Å². The molecule has 2 N–H and O–H groups in total. The Morgan fingerprint density at radius 1 is 1.40 bits per heavy atom. The fraction of sp³-hybridized carbons (Fsp3) is 0.500. The van der Waals surface area contributed by atoms with Gasteiger partial charge in [0.25, 0.3) is 0 Å². The summed E-state index contributed by atoms with van der Waals surface area (Å²) in [6.07, 6.45) is 1.96. The van der Waals surface area contributed by atoms with E-state index >= 15 is 0 Å². The standard InChI is InChI=1S/C12H18BrNO/c1-3-7-15-12-6-5-9(8-10(12)13)11(14)4-2/h5-6,8,11H,3-4,7,14H2,1-2H3/t11-/m0/s1. The molecule has 0 bridgehead atoms. The number of rotatable bonds is 5. The second kappa shape index (κ2) is 6.13. The molecule has 0 aliphatic carbocycles. The van der Waals surface area contributed by atoms with Crippen LogP contribution in [0.1, 0.15) is 38.3 Å². The van der Waals surface area contributed by atoms with Gasteiger partial charge in [0.2, 0.25) is 0 Å². The topological polar surface area (TPSA) is 35.2 Å². The number of hydrogen-bond acceptors (Lipinski definition) is 2. The molecule has 2 nitrogen and oxygen atoms in total. The summed E-state index contributed by atoms with van der Waals surface area (Å²) in [6.45, 7) is 4.92. The van der Waals surface area contributed by atoms with Gasteiger partial charge in [-0.1, -0.05) is 19.9 Å². The highest BCUT2D eigenvalue weighted by Gasteiger charge is 2.07. The van der Waals surface area contributed by atoms with Gasteiger partial charge in [-0.05, 0) is 46.5 Å². The quantitative estimate of drug-likeness (QED) is 0.888. The smallest absolute Gasteiger partial charge is 0.133 e. The van der Waals surface area contributed by atoms with Crippen molar-refractivity contribution in [2.24, 2.45) is 5.73 Å². The Labute approximate surface area is 99.9 Å². The third-order valence-corrected chi connectivity index (χ3v) is 2.91. The van der Waals surface area contributed by atoms with Crippen LogP contribution in [0.25, 0.3) is 0 Å². The van der Waals surface area contributed by atoms with Crippen molar-refractivity contribution < 1.29 is 4.74 Å².